The third-order valence-electron chi connectivity index (χ3n) is 6.06. The number of benzene rings is 1. The van der Waals surface area contributed by atoms with Crippen molar-refractivity contribution >= 4 is 29.6 Å². The van der Waals surface area contributed by atoms with Crippen LogP contribution in [-0.4, -0.2) is 57.5 Å². The molecule has 0 saturated heterocycles. The third kappa shape index (κ3) is 7.33. The highest BCUT2D eigenvalue weighted by atomic mass is 16.6. The summed E-state index contributed by atoms with van der Waals surface area (Å²) in [5, 5.41) is 0. The number of nitrogens with two attached hydrogens (primary N) is 1. The van der Waals surface area contributed by atoms with E-state index in [4.69, 9.17) is 15.2 Å². The molecule has 0 fully saturated rings. The van der Waals surface area contributed by atoms with E-state index in [1.807, 2.05) is 39.0 Å². The Morgan fingerprint density at radius 3 is 2.32 bits per heavy atom. The van der Waals surface area contributed by atoms with Gasteiger partial charge in [0.2, 0.25) is 5.91 Å². The van der Waals surface area contributed by atoms with Crippen LogP contribution in [0.25, 0.3) is 5.70 Å². The van der Waals surface area contributed by atoms with Crippen LogP contribution >= 0.6 is 0 Å². The van der Waals surface area contributed by atoms with Crippen LogP contribution in [0.2, 0.25) is 0 Å². The molecule has 1 aromatic rings. The van der Waals surface area contributed by atoms with Gasteiger partial charge in [0.05, 0.1) is 5.70 Å². The second kappa shape index (κ2) is 10.9. The Hall–Kier alpha value is -3.36. The molecule has 1 unspecified atom stereocenters. The van der Waals surface area contributed by atoms with Crippen molar-refractivity contribution in [3.63, 3.8) is 0 Å². The summed E-state index contributed by atoms with van der Waals surface area (Å²) in [7, 11) is 0. The number of hydrogen-bond acceptors (Lipinski definition) is 6. The quantitative estimate of drug-likeness (QED) is 0.564. The molecule has 0 aromatic heterocycles. The maximum Gasteiger partial charge on any atom is 0.414 e. The fraction of sp³-hybridized carbons (Fsp3) is 0.571. The smallest absolute Gasteiger partial charge is 0.414 e. The molecule has 2 heterocycles. The lowest BCUT2D eigenvalue weighted by Crippen LogP contribution is -2.45. The molecule has 9 nitrogen and oxygen atoms in total. The number of allylic oxidation sites excluding steroid dienone is 1. The summed E-state index contributed by atoms with van der Waals surface area (Å²) in [6.07, 6.45) is 4.30. The summed E-state index contributed by atoms with van der Waals surface area (Å²) >= 11 is 0. The fourth-order valence-corrected chi connectivity index (χ4v) is 4.52. The highest BCUT2D eigenvalue weighted by molar-refractivity contribution is 6.01. The summed E-state index contributed by atoms with van der Waals surface area (Å²) in [5.41, 5.74) is 7.13. The van der Waals surface area contributed by atoms with Crippen LogP contribution in [0.15, 0.2) is 24.3 Å². The van der Waals surface area contributed by atoms with Crippen molar-refractivity contribution in [2.75, 3.05) is 6.54 Å². The largest absolute Gasteiger partial charge is 0.460 e. The number of fused-ring (bicyclic) bond motifs is 1. The topological polar surface area (TPSA) is 119 Å². The van der Waals surface area contributed by atoms with E-state index in [0.717, 1.165) is 36.1 Å². The number of ether oxygens (including phenoxy) is 2. The molecule has 2 N–H and O–H groups in total. The molecule has 2 aliphatic heterocycles. The van der Waals surface area contributed by atoms with Crippen molar-refractivity contribution < 1.29 is 28.7 Å². The monoisotopic (exact) mass is 513 g/mol. The van der Waals surface area contributed by atoms with Gasteiger partial charge in [0.1, 0.15) is 17.2 Å². The van der Waals surface area contributed by atoms with Crippen molar-refractivity contribution in [3.05, 3.63) is 41.0 Å². The van der Waals surface area contributed by atoms with E-state index in [1.54, 1.807) is 31.7 Å². The molecular formula is C28H39N3O6. The van der Waals surface area contributed by atoms with Gasteiger partial charge in [-0.3, -0.25) is 19.3 Å². The average Bonchev–Trinajstić information content (AvgIpc) is 2.93. The fourth-order valence-electron chi connectivity index (χ4n) is 4.52. The Labute approximate surface area is 218 Å². The standard InChI is InChI=1S/C28H39N3O6/c1-27(2,3)36-23(32)14-13-22(24(29)33)31-17-19-16-18(11-12-20(19)25(31)34)21-10-8-7-9-15-30(21)26(35)37-28(4,5)6/h10-12,16,22H,7-9,13-15,17H2,1-6H3,(H2,29,33). The molecule has 37 heavy (non-hydrogen) atoms. The number of carbonyl (C=O) groups excluding carboxylic acids is 4. The minimum Gasteiger partial charge on any atom is -0.460 e. The van der Waals surface area contributed by atoms with Crippen LogP contribution in [-0.2, 0) is 25.6 Å². The van der Waals surface area contributed by atoms with Crippen LogP contribution in [0.5, 0.6) is 0 Å². The predicted octanol–water partition coefficient (Wildman–Crippen LogP) is 4.38. The van der Waals surface area contributed by atoms with Gasteiger partial charge in [0.25, 0.3) is 5.91 Å². The Morgan fingerprint density at radius 1 is 1.03 bits per heavy atom. The van der Waals surface area contributed by atoms with Crippen molar-refractivity contribution in [1.29, 1.82) is 0 Å². The maximum absolute atomic E-state index is 13.2. The van der Waals surface area contributed by atoms with Crippen LogP contribution in [0.3, 0.4) is 0 Å². The first-order valence-corrected chi connectivity index (χ1v) is 12.8. The molecular weight excluding hydrogens is 474 g/mol. The highest BCUT2D eigenvalue weighted by Crippen LogP contribution is 2.32. The molecule has 1 atom stereocenters. The minimum absolute atomic E-state index is 0.0337. The normalized spacial score (nSPS) is 17.0. The summed E-state index contributed by atoms with van der Waals surface area (Å²) in [6.45, 7) is 11.5. The molecule has 3 rings (SSSR count). The van der Waals surface area contributed by atoms with E-state index < -0.39 is 35.2 Å². The molecule has 9 heteroatoms. The zero-order valence-electron chi connectivity index (χ0n) is 22.8. The van der Waals surface area contributed by atoms with Gasteiger partial charge >= 0.3 is 12.1 Å². The first kappa shape index (κ1) is 28.2. The van der Waals surface area contributed by atoms with Crippen molar-refractivity contribution in [2.24, 2.45) is 5.73 Å². The van der Waals surface area contributed by atoms with Crippen LogP contribution in [0.4, 0.5) is 4.79 Å². The predicted molar refractivity (Wildman–Crippen MR) is 139 cm³/mol. The number of esters is 1. The minimum atomic E-state index is -0.939. The van der Waals surface area contributed by atoms with Gasteiger partial charge in [-0.05, 0) is 90.5 Å². The Morgan fingerprint density at radius 2 is 1.70 bits per heavy atom. The van der Waals surface area contributed by atoms with E-state index in [9.17, 15) is 19.2 Å². The van der Waals surface area contributed by atoms with Gasteiger partial charge in [-0.1, -0.05) is 12.1 Å². The zero-order chi connectivity index (χ0) is 27.5. The molecule has 202 valence electrons. The molecule has 2 aliphatic rings. The first-order chi connectivity index (χ1) is 17.2. The van der Waals surface area contributed by atoms with E-state index in [0.29, 0.717) is 12.1 Å². The molecule has 0 saturated carbocycles. The maximum atomic E-state index is 13.2. The summed E-state index contributed by atoms with van der Waals surface area (Å²) in [5.74, 6) is -1.44. The lowest BCUT2D eigenvalue weighted by molar-refractivity contribution is -0.155. The third-order valence-corrected chi connectivity index (χ3v) is 6.06. The van der Waals surface area contributed by atoms with E-state index in [2.05, 4.69) is 0 Å². The Bertz CT molecular complexity index is 1100. The van der Waals surface area contributed by atoms with Gasteiger partial charge in [0, 0.05) is 25.1 Å². The lowest BCUT2D eigenvalue weighted by atomic mass is 10.0. The van der Waals surface area contributed by atoms with Crippen molar-refractivity contribution in [2.45, 2.75) is 97.4 Å². The van der Waals surface area contributed by atoms with Crippen molar-refractivity contribution in [3.8, 4) is 0 Å². The Kier molecular flexibility index (Phi) is 8.35. The summed E-state index contributed by atoms with van der Waals surface area (Å²) in [6, 6.07) is 4.48. The number of nitrogens with zero attached hydrogens (tertiary/aromatic N) is 2. The van der Waals surface area contributed by atoms with E-state index in [1.165, 1.54) is 4.90 Å². The average molecular weight is 514 g/mol. The second-order valence-corrected chi connectivity index (χ2v) is 11.6. The number of carbonyl (C=O) groups is 4. The second-order valence-electron chi connectivity index (χ2n) is 11.6. The highest BCUT2D eigenvalue weighted by Gasteiger charge is 2.36. The van der Waals surface area contributed by atoms with Gasteiger partial charge in [-0.25, -0.2) is 4.79 Å². The number of rotatable bonds is 6. The first-order valence-electron chi connectivity index (χ1n) is 12.8. The molecule has 0 radical (unpaired) electrons. The molecule has 0 bridgehead atoms. The molecule has 0 aliphatic carbocycles. The molecule has 1 aromatic carbocycles. The molecule has 0 spiro atoms. The van der Waals surface area contributed by atoms with Crippen LogP contribution in [0, 0.1) is 0 Å². The van der Waals surface area contributed by atoms with E-state index >= 15 is 0 Å². The van der Waals surface area contributed by atoms with Gasteiger partial charge < -0.3 is 20.1 Å². The number of hydrogen-bond donors (Lipinski definition) is 1. The molecule has 3 amide bonds. The SMILES string of the molecule is CC(C)(C)OC(=O)CCC(C(N)=O)N1Cc2cc(C3=CCCCCN3C(=O)OC(C)(C)C)ccc2C1=O. The van der Waals surface area contributed by atoms with Gasteiger partial charge in [-0.2, -0.15) is 0 Å². The Balaban J connectivity index is 1.81. The van der Waals surface area contributed by atoms with Crippen LogP contribution < -0.4 is 5.73 Å². The van der Waals surface area contributed by atoms with Crippen molar-refractivity contribution in [1.82, 2.24) is 9.80 Å². The zero-order valence-corrected chi connectivity index (χ0v) is 22.8. The number of amides is 3. The summed E-state index contributed by atoms with van der Waals surface area (Å²) in [4.78, 5) is 53.7. The number of primary amides is 1. The van der Waals surface area contributed by atoms with Gasteiger partial charge in [0.15, 0.2) is 0 Å². The van der Waals surface area contributed by atoms with E-state index in [-0.39, 0.29) is 25.3 Å². The lowest BCUT2D eigenvalue weighted by Gasteiger charge is -2.28. The summed E-state index contributed by atoms with van der Waals surface area (Å²) < 4.78 is 11.0. The van der Waals surface area contributed by atoms with Crippen LogP contribution in [0.1, 0.15) is 95.1 Å². The van der Waals surface area contributed by atoms with Gasteiger partial charge in [-0.15, -0.1) is 0 Å².